The number of hydrogen-bond acceptors (Lipinski definition) is 4. The van der Waals surface area contributed by atoms with Gasteiger partial charge < -0.3 is 9.47 Å². The van der Waals surface area contributed by atoms with Crippen molar-refractivity contribution in [3.05, 3.63) is 23.3 Å². The van der Waals surface area contributed by atoms with E-state index in [0.717, 1.165) is 11.1 Å². The molecule has 0 bridgehead atoms. The number of benzene rings is 1. The normalized spacial score (nSPS) is 11.9. The lowest BCUT2D eigenvalue weighted by Crippen LogP contribution is -2.30. The van der Waals surface area contributed by atoms with E-state index in [0.29, 0.717) is 11.4 Å². The highest BCUT2D eigenvalue weighted by Crippen LogP contribution is 2.38. The van der Waals surface area contributed by atoms with Crippen LogP contribution in [0, 0.1) is 12.3 Å². The van der Waals surface area contributed by atoms with Crippen molar-refractivity contribution in [1.29, 1.82) is 0 Å². The van der Waals surface area contributed by atoms with Crippen molar-refractivity contribution in [3.8, 4) is 5.75 Å². The van der Waals surface area contributed by atoms with Crippen LogP contribution in [0.5, 0.6) is 5.75 Å². The third kappa shape index (κ3) is 5.21. The number of amides is 1. The van der Waals surface area contributed by atoms with Gasteiger partial charge in [0.05, 0.1) is 17.7 Å². The summed E-state index contributed by atoms with van der Waals surface area (Å²) in [6.45, 7) is 15.6. The minimum atomic E-state index is -0.644. The summed E-state index contributed by atoms with van der Waals surface area (Å²) in [6, 6.07) is 3.88. The molecule has 140 valence electrons. The largest absolute Gasteiger partial charge is 0.449 e. The fraction of sp³-hybridized carbons (Fsp3) is 0.600. The van der Waals surface area contributed by atoms with Crippen LogP contribution in [0.25, 0.3) is 0 Å². The van der Waals surface area contributed by atoms with E-state index in [1.165, 1.54) is 4.90 Å². The number of ether oxygens (including phenoxy) is 2. The van der Waals surface area contributed by atoms with Gasteiger partial charge in [-0.1, -0.05) is 26.8 Å². The van der Waals surface area contributed by atoms with E-state index in [9.17, 15) is 9.59 Å². The van der Waals surface area contributed by atoms with Crippen LogP contribution < -0.4 is 9.64 Å². The van der Waals surface area contributed by atoms with Crippen molar-refractivity contribution in [2.24, 2.45) is 5.41 Å². The Morgan fingerprint density at radius 2 is 1.64 bits per heavy atom. The highest BCUT2D eigenvalue weighted by Gasteiger charge is 2.28. The zero-order valence-corrected chi connectivity index (χ0v) is 16.9. The molecule has 0 aromatic heterocycles. The van der Waals surface area contributed by atoms with Gasteiger partial charge in [-0.3, -0.25) is 9.69 Å². The van der Waals surface area contributed by atoms with E-state index in [1.54, 1.807) is 34.7 Å². The number of carbonyl (C=O) groups excluding carboxylic acids is 2. The molecule has 0 spiro atoms. The monoisotopic (exact) mass is 349 g/mol. The molecule has 0 atom stereocenters. The number of esters is 1. The maximum absolute atomic E-state index is 12.4. The SMILES string of the molecule is CCOC(=O)N(C)c1cc(C(C)(C)C)cc(C)c1OC(=O)C(C)(C)C. The summed E-state index contributed by atoms with van der Waals surface area (Å²) in [6.07, 6.45) is -0.485. The first-order valence-electron chi connectivity index (χ1n) is 8.57. The molecule has 5 nitrogen and oxygen atoms in total. The molecule has 0 saturated heterocycles. The molecule has 25 heavy (non-hydrogen) atoms. The lowest BCUT2D eigenvalue weighted by molar-refractivity contribution is -0.143. The Bertz CT molecular complexity index is 651. The molecular formula is C20H31NO4. The quantitative estimate of drug-likeness (QED) is 0.579. The van der Waals surface area contributed by atoms with Gasteiger partial charge >= 0.3 is 12.1 Å². The standard InChI is InChI=1S/C20H31NO4/c1-10-24-18(23)21(9)15-12-14(19(3,4)5)11-13(2)16(15)25-17(22)20(6,7)8/h11-12H,10H2,1-9H3. The van der Waals surface area contributed by atoms with Crippen LogP contribution in [-0.2, 0) is 14.9 Å². The van der Waals surface area contributed by atoms with Gasteiger partial charge in [0.15, 0.2) is 5.75 Å². The number of nitrogens with zero attached hydrogens (tertiary/aromatic N) is 1. The molecular weight excluding hydrogens is 318 g/mol. The molecule has 0 radical (unpaired) electrons. The topological polar surface area (TPSA) is 55.8 Å². The van der Waals surface area contributed by atoms with Crippen LogP contribution in [0.15, 0.2) is 12.1 Å². The van der Waals surface area contributed by atoms with Crippen molar-refractivity contribution in [2.45, 2.75) is 60.8 Å². The van der Waals surface area contributed by atoms with Crippen LogP contribution in [0.4, 0.5) is 10.5 Å². The molecule has 0 heterocycles. The first-order chi connectivity index (χ1) is 11.3. The van der Waals surface area contributed by atoms with E-state index < -0.39 is 11.5 Å². The molecule has 1 amide bonds. The van der Waals surface area contributed by atoms with Crippen LogP contribution in [-0.4, -0.2) is 25.7 Å². The molecule has 0 aliphatic rings. The van der Waals surface area contributed by atoms with Crippen molar-refractivity contribution < 1.29 is 19.1 Å². The number of carbonyl (C=O) groups is 2. The molecule has 0 unspecified atom stereocenters. The summed E-state index contributed by atoms with van der Waals surface area (Å²) in [4.78, 5) is 26.0. The first-order valence-corrected chi connectivity index (χ1v) is 8.57. The Labute approximate surface area is 151 Å². The summed E-state index contributed by atoms with van der Waals surface area (Å²) in [5.74, 6) is 0.0427. The Kier molecular flexibility index (Phi) is 6.27. The lowest BCUT2D eigenvalue weighted by Gasteiger charge is -2.27. The van der Waals surface area contributed by atoms with Crippen molar-refractivity contribution in [3.63, 3.8) is 0 Å². The molecule has 0 aliphatic carbocycles. The molecule has 1 aromatic rings. The van der Waals surface area contributed by atoms with Crippen molar-refractivity contribution in [1.82, 2.24) is 0 Å². The summed E-state index contributed by atoms with van der Waals surface area (Å²) >= 11 is 0. The fourth-order valence-corrected chi connectivity index (χ4v) is 2.13. The Morgan fingerprint density at radius 3 is 2.08 bits per heavy atom. The van der Waals surface area contributed by atoms with E-state index >= 15 is 0 Å². The zero-order chi connectivity index (χ0) is 19.6. The number of anilines is 1. The van der Waals surface area contributed by atoms with Gasteiger partial charge in [0, 0.05) is 7.05 Å². The van der Waals surface area contributed by atoms with Gasteiger partial charge in [0.2, 0.25) is 0 Å². The van der Waals surface area contributed by atoms with Gasteiger partial charge in [-0.25, -0.2) is 4.79 Å². The Balaban J connectivity index is 3.48. The van der Waals surface area contributed by atoms with Gasteiger partial charge in [-0.15, -0.1) is 0 Å². The second-order valence-electron chi connectivity index (χ2n) is 8.29. The molecule has 0 N–H and O–H groups in total. The zero-order valence-electron chi connectivity index (χ0n) is 16.9. The Morgan fingerprint density at radius 1 is 1.08 bits per heavy atom. The highest BCUT2D eigenvalue weighted by molar-refractivity contribution is 5.91. The van der Waals surface area contributed by atoms with Crippen molar-refractivity contribution >= 4 is 17.7 Å². The minimum absolute atomic E-state index is 0.110. The lowest BCUT2D eigenvalue weighted by atomic mass is 9.85. The maximum atomic E-state index is 12.4. The highest BCUT2D eigenvalue weighted by atomic mass is 16.6. The molecule has 1 aromatic carbocycles. The van der Waals surface area contributed by atoms with Crippen LogP contribution in [0.1, 0.15) is 59.6 Å². The summed E-state index contributed by atoms with van der Waals surface area (Å²) < 4.78 is 10.8. The third-order valence-corrected chi connectivity index (χ3v) is 3.83. The number of aryl methyl sites for hydroxylation is 1. The summed E-state index contributed by atoms with van der Waals surface area (Å²) in [5, 5.41) is 0. The molecule has 0 saturated carbocycles. The summed E-state index contributed by atoms with van der Waals surface area (Å²) in [5.41, 5.74) is 1.63. The van der Waals surface area contributed by atoms with E-state index in [1.807, 2.05) is 19.1 Å². The van der Waals surface area contributed by atoms with E-state index in [-0.39, 0.29) is 18.0 Å². The predicted octanol–water partition coefficient (Wildman–Crippen LogP) is 4.84. The minimum Gasteiger partial charge on any atom is -0.449 e. The van der Waals surface area contributed by atoms with Gasteiger partial charge in [0.25, 0.3) is 0 Å². The van der Waals surface area contributed by atoms with Gasteiger partial charge in [-0.2, -0.15) is 0 Å². The Hall–Kier alpha value is -2.04. The van der Waals surface area contributed by atoms with Crippen LogP contribution >= 0.6 is 0 Å². The molecule has 0 aliphatic heterocycles. The summed E-state index contributed by atoms with van der Waals surface area (Å²) in [7, 11) is 1.62. The van der Waals surface area contributed by atoms with Gasteiger partial charge in [-0.05, 0) is 57.2 Å². The predicted molar refractivity (Wildman–Crippen MR) is 100 cm³/mol. The van der Waals surface area contributed by atoms with E-state index in [4.69, 9.17) is 9.47 Å². The molecule has 5 heteroatoms. The average molecular weight is 349 g/mol. The van der Waals surface area contributed by atoms with Crippen LogP contribution in [0.2, 0.25) is 0 Å². The average Bonchev–Trinajstić information content (AvgIpc) is 2.46. The fourth-order valence-electron chi connectivity index (χ4n) is 2.13. The smallest absolute Gasteiger partial charge is 0.414 e. The van der Waals surface area contributed by atoms with Crippen LogP contribution in [0.3, 0.4) is 0 Å². The van der Waals surface area contributed by atoms with E-state index in [2.05, 4.69) is 20.8 Å². The maximum Gasteiger partial charge on any atom is 0.414 e. The second-order valence-corrected chi connectivity index (χ2v) is 8.29. The third-order valence-electron chi connectivity index (χ3n) is 3.83. The first kappa shape index (κ1) is 21.0. The van der Waals surface area contributed by atoms with Crippen molar-refractivity contribution in [2.75, 3.05) is 18.6 Å². The molecule has 1 rings (SSSR count). The second kappa shape index (κ2) is 7.46. The number of hydrogen-bond donors (Lipinski definition) is 0. The molecule has 0 fully saturated rings. The number of rotatable bonds is 3. The van der Waals surface area contributed by atoms with Gasteiger partial charge in [0.1, 0.15) is 0 Å².